The summed E-state index contributed by atoms with van der Waals surface area (Å²) in [5.41, 5.74) is 3.15. The number of nitrogens with zero attached hydrogens (tertiary/aromatic N) is 3. The number of nitro groups is 1. The zero-order valence-corrected chi connectivity index (χ0v) is 14.1. The van der Waals surface area contributed by atoms with Gasteiger partial charge >= 0.3 is 0 Å². The lowest BCUT2D eigenvalue weighted by molar-refractivity contribution is -0.384. The van der Waals surface area contributed by atoms with Gasteiger partial charge in [0, 0.05) is 28.5 Å². The maximum Gasteiger partial charge on any atom is 0.269 e. The number of non-ortho nitro benzene ring substituents is 1. The summed E-state index contributed by atoms with van der Waals surface area (Å²) in [7, 11) is 0. The topological polar surface area (TPSA) is 96.7 Å². The Morgan fingerprint density at radius 2 is 1.88 bits per heavy atom. The first-order chi connectivity index (χ1) is 12.6. The molecule has 4 aromatic rings. The monoisotopic (exact) mass is 365 g/mol. The Morgan fingerprint density at radius 3 is 2.62 bits per heavy atom. The Kier molecular flexibility index (Phi) is 3.98. The fourth-order valence-corrected chi connectivity index (χ4v) is 2.85. The summed E-state index contributed by atoms with van der Waals surface area (Å²) in [6.45, 7) is 0. The molecule has 0 fully saturated rings. The molecule has 0 unspecified atom stereocenters. The van der Waals surface area contributed by atoms with Crippen LogP contribution in [-0.4, -0.2) is 19.9 Å². The molecule has 7 nitrogen and oxygen atoms in total. The van der Waals surface area contributed by atoms with E-state index >= 15 is 0 Å². The number of rotatable bonds is 4. The summed E-state index contributed by atoms with van der Waals surface area (Å²) >= 11 is 6.02. The second-order valence-corrected chi connectivity index (χ2v) is 6.04. The number of benzene rings is 2. The molecule has 2 aromatic carbocycles. The molecule has 8 heteroatoms. The summed E-state index contributed by atoms with van der Waals surface area (Å²) in [5.74, 6) is 0.640. The number of fused-ring (bicyclic) bond motifs is 1. The van der Waals surface area contributed by atoms with Crippen LogP contribution in [0.2, 0.25) is 5.02 Å². The summed E-state index contributed by atoms with van der Waals surface area (Å²) in [4.78, 5) is 22.1. The number of nitrogens with one attached hydrogen (secondary N) is 2. The first kappa shape index (κ1) is 16.0. The first-order valence-corrected chi connectivity index (χ1v) is 8.09. The Balaban J connectivity index is 1.72. The van der Waals surface area contributed by atoms with E-state index in [1.807, 2.05) is 18.2 Å². The Labute approximate surface area is 152 Å². The molecule has 0 saturated heterocycles. The van der Waals surface area contributed by atoms with Crippen LogP contribution in [0.1, 0.15) is 0 Å². The third kappa shape index (κ3) is 3.07. The van der Waals surface area contributed by atoms with Gasteiger partial charge in [0.2, 0.25) is 0 Å². The van der Waals surface area contributed by atoms with E-state index in [9.17, 15) is 10.1 Å². The lowest BCUT2D eigenvalue weighted by Gasteiger charge is -2.06. The van der Waals surface area contributed by atoms with Gasteiger partial charge in [-0.3, -0.25) is 10.1 Å². The first-order valence-electron chi connectivity index (χ1n) is 7.71. The van der Waals surface area contributed by atoms with Crippen molar-refractivity contribution >= 4 is 39.8 Å². The number of halogens is 1. The molecule has 0 aliphatic heterocycles. The number of hydrogen-bond donors (Lipinski definition) is 2. The van der Waals surface area contributed by atoms with Crippen LogP contribution in [0, 0.1) is 10.1 Å². The van der Waals surface area contributed by atoms with Crippen molar-refractivity contribution in [2.75, 3.05) is 5.32 Å². The highest BCUT2D eigenvalue weighted by Crippen LogP contribution is 2.29. The number of anilines is 2. The highest BCUT2D eigenvalue weighted by Gasteiger charge is 2.11. The van der Waals surface area contributed by atoms with E-state index in [-0.39, 0.29) is 5.69 Å². The maximum absolute atomic E-state index is 10.8. The minimum absolute atomic E-state index is 0.0490. The summed E-state index contributed by atoms with van der Waals surface area (Å²) in [5, 5.41) is 15.5. The van der Waals surface area contributed by atoms with Crippen molar-refractivity contribution in [3.8, 4) is 11.3 Å². The van der Waals surface area contributed by atoms with Crippen LogP contribution < -0.4 is 5.32 Å². The van der Waals surface area contributed by atoms with Crippen LogP contribution in [0.4, 0.5) is 17.2 Å². The van der Waals surface area contributed by atoms with Crippen LogP contribution in [0.15, 0.2) is 60.9 Å². The van der Waals surface area contributed by atoms with E-state index in [4.69, 9.17) is 11.6 Å². The van der Waals surface area contributed by atoms with Gasteiger partial charge in [0.25, 0.3) is 5.69 Å². The number of aromatic amines is 1. The van der Waals surface area contributed by atoms with Gasteiger partial charge in [-0.25, -0.2) is 9.97 Å². The third-order valence-corrected chi connectivity index (χ3v) is 4.14. The number of hydrogen-bond acceptors (Lipinski definition) is 5. The van der Waals surface area contributed by atoms with Crippen LogP contribution in [0.25, 0.3) is 22.3 Å². The molecule has 0 radical (unpaired) electrons. The lowest BCUT2D eigenvalue weighted by Crippen LogP contribution is -1.94. The van der Waals surface area contributed by atoms with Gasteiger partial charge in [-0.2, -0.15) is 0 Å². The van der Waals surface area contributed by atoms with Crippen LogP contribution >= 0.6 is 11.6 Å². The van der Waals surface area contributed by atoms with Gasteiger partial charge in [0.15, 0.2) is 0 Å². The molecule has 0 saturated carbocycles. The highest BCUT2D eigenvalue weighted by molar-refractivity contribution is 6.30. The van der Waals surface area contributed by atoms with Crippen LogP contribution in [-0.2, 0) is 0 Å². The van der Waals surface area contributed by atoms with E-state index in [2.05, 4.69) is 20.3 Å². The Hall–Kier alpha value is -3.45. The Morgan fingerprint density at radius 1 is 1.08 bits per heavy atom. The fourth-order valence-electron chi connectivity index (χ4n) is 2.66. The van der Waals surface area contributed by atoms with E-state index in [0.717, 1.165) is 22.3 Å². The molecule has 4 rings (SSSR count). The fraction of sp³-hybridized carbons (Fsp3) is 0. The van der Waals surface area contributed by atoms with Crippen molar-refractivity contribution in [3.05, 3.63) is 76.1 Å². The van der Waals surface area contributed by atoms with Gasteiger partial charge in [0.05, 0.1) is 10.3 Å². The molecular weight excluding hydrogens is 354 g/mol. The normalized spacial score (nSPS) is 10.8. The van der Waals surface area contributed by atoms with Crippen molar-refractivity contribution in [1.82, 2.24) is 15.0 Å². The molecule has 2 aromatic heterocycles. The van der Waals surface area contributed by atoms with Crippen LogP contribution in [0.5, 0.6) is 0 Å². The average Bonchev–Trinajstić information content (AvgIpc) is 3.07. The van der Waals surface area contributed by atoms with E-state index in [0.29, 0.717) is 16.5 Å². The largest absolute Gasteiger partial charge is 0.340 e. The number of nitro benzene ring substituents is 1. The SMILES string of the molecule is O=[N+]([O-])c1ccc(-c2cc3c(Nc4cccc(Cl)c4)ncnc3[nH]2)cc1. The summed E-state index contributed by atoms with van der Waals surface area (Å²) in [6.07, 6.45) is 1.46. The molecule has 0 aliphatic rings. The lowest BCUT2D eigenvalue weighted by atomic mass is 10.1. The van der Waals surface area contributed by atoms with E-state index in [1.54, 1.807) is 24.3 Å². The van der Waals surface area contributed by atoms with Crippen molar-refractivity contribution in [2.24, 2.45) is 0 Å². The van der Waals surface area contributed by atoms with Crippen molar-refractivity contribution in [1.29, 1.82) is 0 Å². The van der Waals surface area contributed by atoms with Gasteiger partial charge < -0.3 is 10.3 Å². The molecule has 2 N–H and O–H groups in total. The molecule has 0 atom stereocenters. The molecular formula is C18H12ClN5O2. The van der Waals surface area contributed by atoms with Gasteiger partial charge in [-0.15, -0.1) is 0 Å². The third-order valence-electron chi connectivity index (χ3n) is 3.90. The molecule has 128 valence electrons. The average molecular weight is 366 g/mol. The Bertz CT molecular complexity index is 1110. The van der Waals surface area contributed by atoms with E-state index < -0.39 is 4.92 Å². The van der Waals surface area contributed by atoms with Crippen LogP contribution in [0.3, 0.4) is 0 Å². The second-order valence-electron chi connectivity index (χ2n) is 5.61. The van der Waals surface area contributed by atoms with Crippen molar-refractivity contribution in [3.63, 3.8) is 0 Å². The van der Waals surface area contributed by atoms with E-state index in [1.165, 1.54) is 18.5 Å². The van der Waals surface area contributed by atoms with Gasteiger partial charge in [-0.1, -0.05) is 17.7 Å². The smallest absolute Gasteiger partial charge is 0.269 e. The van der Waals surface area contributed by atoms with Gasteiger partial charge in [0.1, 0.15) is 17.8 Å². The highest BCUT2D eigenvalue weighted by atomic mass is 35.5. The van der Waals surface area contributed by atoms with Gasteiger partial charge in [-0.05, 0) is 42.0 Å². The summed E-state index contributed by atoms with van der Waals surface area (Å²) in [6, 6.07) is 15.6. The van der Waals surface area contributed by atoms with Crippen molar-refractivity contribution in [2.45, 2.75) is 0 Å². The standard InChI is InChI=1S/C18H12ClN5O2/c19-12-2-1-3-13(8-12)22-17-15-9-16(23-18(15)21-10-20-17)11-4-6-14(7-5-11)24(25)26/h1-10H,(H2,20,21,22,23). The molecule has 0 bridgehead atoms. The number of H-pyrrole nitrogens is 1. The molecule has 0 spiro atoms. The zero-order valence-electron chi connectivity index (χ0n) is 13.3. The second kappa shape index (κ2) is 6.45. The maximum atomic E-state index is 10.8. The molecule has 0 amide bonds. The summed E-state index contributed by atoms with van der Waals surface area (Å²) < 4.78 is 0. The molecule has 26 heavy (non-hydrogen) atoms. The zero-order chi connectivity index (χ0) is 18.1. The predicted molar refractivity (Wildman–Crippen MR) is 101 cm³/mol. The molecule has 0 aliphatic carbocycles. The minimum atomic E-state index is -0.423. The predicted octanol–water partition coefficient (Wildman–Crippen LogP) is 4.93. The minimum Gasteiger partial charge on any atom is -0.340 e. The molecule has 2 heterocycles. The van der Waals surface area contributed by atoms with Crippen molar-refractivity contribution < 1.29 is 4.92 Å². The number of aromatic nitrogens is 3. The quantitative estimate of drug-likeness (QED) is 0.394.